The Morgan fingerprint density at radius 2 is 1.09 bits per heavy atom. The van der Waals surface area contributed by atoms with Crippen LogP contribution in [0.3, 0.4) is 0 Å². The molecule has 288 valence electrons. The maximum Gasteiger partial charge on any atom is 0.308 e. The number of carbonyl (C=O) groups is 8. The fourth-order valence-corrected chi connectivity index (χ4v) is 6.14. The molecule has 17 heteroatoms. The quantitative estimate of drug-likeness (QED) is 0.118. The average molecular weight is 755 g/mol. The van der Waals surface area contributed by atoms with Crippen molar-refractivity contribution in [1.82, 2.24) is 0 Å². The average Bonchev–Trinajstić information content (AvgIpc) is 3.03. The fraction of sp³-hybridized carbons (Fsp3) is 0.405. The summed E-state index contributed by atoms with van der Waals surface area (Å²) >= 11 is 0. The van der Waals surface area contributed by atoms with Gasteiger partial charge in [0.2, 0.25) is 0 Å². The summed E-state index contributed by atoms with van der Waals surface area (Å²) in [6, 6.07) is 7.29. The number of fused-ring (bicyclic) bond motifs is 2. The molecule has 5 atom stereocenters. The van der Waals surface area contributed by atoms with Crippen LogP contribution in [-0.2, 0) is 73.4 Å². The van der Waals surface area contributed by atoms with E-state index in [1.807, 2.05) is 0 Å². The monoisotopic (exact) mass is 754 g/mol. The van der Waals surface area contributed by atoms with Crippen molar-refractivity contribution in [2.24, 2.45) is 0 Å². The third-order valence-corrected chi connectivity index (χ3v) is 7.69. The van der Waals surface area contributed by atoms with Gasteiger partial charge in [0.25, 0.3) is 0 Å². The van der Waals surface area contributed by atoms with Gasteiger partial charge in [0.15, 0.2) is 24.1 Å². The zero-order valence-corrected chi connectivity index (χ0v) is 30.6. The molecule has 0 unspecified atom stereocenters. The number of rotatable bonds is 11. The van der Waals surface area contributed by atoms with Crippen LogP contribution < -0.4 is 14.2 Å². The van der Waals surface area contributed by atoms with Crippen LogP contribution in [0.15, 0.2) is 30.3 Å². The molecule has 17 nitrogen and oxygen atoms in total. The summed E-state index contributed by atoms with van der Waals surface area (Å²) in [6.45, 7) is 7.99. The molecule has 1 saturated heterocycles. The lowest BCUT2D eigenvalue weighted by Crippen LogP contribution is -2.59. The van der Waals surface area contributed by atoms with Gasteiger partial charge in [-0.1, -0.05) is 12.1 Å². The summed E-state index contributed by atoms with van der Waals surface area (Å²) in [4.78, 5) is 99.3. The van der Waals surface area contributed by atoms with Gasteiger partial charge in [-0.2, -0.15) is 0 Å². The first-order valence-corrected chi connectivity index (χ1v) is 16.4. The van der Waals surface area contributed by atoms with Crippen LogP contribution in [0, 0.1) is 0 Å². The van der Waals surface area contributed by atoms with Gasteiger partial charge in [-0.15, -0.1) is 0 Å². The third-order valence-electron chi connectivity index (χ3n) is 7.69. The highest BCUT2D eigenvalue weighted by molar-refractivity contribution is 6.14. The van der Waals surface area contributed by atoms with Gasteiger partial charge in [-0.05, 0) is 34.5 Å². The maximum absolute atomic E-state index is 12.8. The van der Waals surface area contributed by atoms with Crippen molar-refractivity contribution in [2.45, 2.75) is 92.5 Å². The van der Waals surface area contributed by atoms with E-state index >= 15 is 0 Å². The van der Waals surface area contributed by atoms with Crippen LogP contribution in [0.25, 0.3) is 21.5 Å². The first-order valence-electron chi connectivity index (χ1n) is 16.4. The van der Waals surface area contributed by atoms with Gasteiger partial charge < -0.3 is 42.6 Å². The predicted molar refractivity (Wildman–Crippen MR) is 182 cm³/mol. The molecule has 0 N–H and O–H groups in total. The number of esters is 8. The van der Waals surface area contributed by atoms with Crippen molar-refractivity contribution in [1.29, 1.82) is 0 Å². The summed E-state index contributed by atoms with van der Waals surface area (Å²) in [6.07, 6.45) is -7.64. The van der Waals surface area contributed by atoms with Crippen LogP contribution in [0.2, 0.25) is 0 Å². The van der Waals surface area contributed by atoms with E-state index in [0.717, 1.165) is 48.5 Å². The number of benzene rings is 3. The van der Waals surface area contributed by atoms with Crippen LogP contribution in [-0.4, -0.2) is 78.8 Å². The second-order valence-corrected chi connectivity index (χ2v) is 12.1. The van der Waals surface area contributed by atoms with Gasteiger partial charge in [-0.3, -0.25) is 38.4 Å². The number of carbonyl (C=O) groups excluding carboxylic acids is 8. The van der Waals surface area contributed by atoms with E-state index in [0.29, 0.717) is 0 Å². The van der Waals surface area contributed by atoms with Crippen LogP contribution >= 0.6 is 0 Å². The van der Waals surface area contributed by atoms with Gasteiger partial charge >= 0.3 is 47.8 Å². The van der Waals surface area contributed by atoms with Gasteiger partial charge in [0.1, 0.15) is 36.9 Å². The lowest BCUT2D eigenvalue weighted by molar-refractivity contribution is -0.254. The first kappa shape index (κ1) is 40.7. The highest BCUT2D eigenvalue weighted by Gasteiger charge is 2.53. The molecule has 54 heavy (non-hydrogen) atoms. The van der Waals surface area contributed by atoms with Crippen LogP contribution in [0.5, 0.6) is 17.2 Å². The minimum Gasteiger partial charge on any atom is -0.463 e. The van der Waals surface area contributed by atoms with Crippen molar-refractivity contribution in [2.75, 3.05) is 6.61 Å². The van der Waals surface area contributed by atoms with E-state index in [2.05, 4.69) is 0 Å². The topological polar surface area (TPSA) is 220 Å². The van der Waals surface area contributed by atoms with Crippen molar-refractivity contribution >= 4 is 69.3 Å². The molecule has 4 rings (SSSR count). The van der Waals surface area contributed by atoms with E-state index in [1.54, 1.807) is 0 Å². The number of hydrogen-bond acceptors (Lipinski definition) is 17. The second-order valence-electron chi connectivity index (χ2n) is 12.1. The standard InChI is InChI=1S/C37H38O17/c1-16(38)46-14-24-12-26-30(35-37(53-23(8)45)36(52-22(7)44)33(50-20(5)42)29(54-35)15-47-17(2)39)25-10-9-11-27(48-18(3)40)31(25)34(51-21(6)43)32(26)28(13-24)49-19(4)41/h9-13,29,33,35-37H,14-15H2,1-8H3/t29-,33-,35+,36+,37+/m1/s1. The van der Waals surface area contributed by atoms with Gasteiger partial charge in [0.05, 0.1) is 10.8 Å². The molecule has 0 amide bonds. The first-order chi connectivity index (χ1) is 25.4. The fourth-order valence-electron chi connectivity index (χ4n) is 6.14. The maximum atomic E-state index is 12.8. The third kappa shape index (κ3) is 9.65. The molecule has 1 aliphatic rings. The molecule has 3 aromatic carbocycles. The molecule has 3 aromatic rings. The smallest absolute Gasteiger partial charge is 0.308 e. The Morgan fingerprint density at radius 1 is 0.556 bits per heavy atom. The molecular weight excluding hydrogens is 716 g/mol. The molecule has 1 aliphatic heterocycles. The van der Waals surface area contributed by atoms with E-state index in [9.17, 15) is 38.4 Å². The van der Waals surface area contributed by atoms with Crippen molar-refractivity contribution in [3.05, 3.63) is 41.5 Å². The van der Waals surface area contributed by atoms with Crippen molar-refractivity contribution in [3.8, 4) is 17.2 Å². The Morgan fingerprint density at radius 3 is 1.65 bits per heavy atom. The molecular formula is C37H38O17. The normalized spacial score (nSPS) is 19.2. The molecule has 1 heterocycles. The van der Waals surface area contributed by atoms with Crippen molar-refractivity contribution < 1.29 is 81.0 Å². The lowest BCUT2D eigenvalue weighted by atomic mass is 9.84. The van der Waals surface area contributed by atoms with E-state index < -0.39 is 84.9 Å². The van der Waals surface area contributed by atoms with Gasteiger partial charge in [0, 0.05) is 61.0 Å². The Bertz CT molecular complexity index is 2030. The largest absolute Gasteiger partial charge is 0.463 e. The number of hydrogen-bond donors (Lipinski definition) is 0. The van der Waals surface area contributed by atoms with E-state index in [-0.39, 0.29) is 56.5 Å². The molecule has 0 radical (unpaired) electrons. The highest BCUT2D eigenvalue weighted by atomic mass is 16.7. The van der Waals surface area contributed by atoms with E-state index in [4.69, 9.17) is 42.6 Å². The van der Waals surface area contributed by atoms with E-state index in [1.165, 1.54) is 37.3 Å². The summed E-state index contributed by atoms with van der Waals surface area (Å²) in [7, 11) is 0. The van der Waals surface area contributed by atoms with Gasteiger partial charge in [-0.25, -0.2) is 0 Å². The molecule has 0 aliphatic carbocycles. The number of ether oxygens (including phenoxy) is 9. The zero-order chi connectivity index (χ0) is 40.0. The van der Waals surface area contributed by atoms with Crippen LogP contribution in [0.1, 0.15) is 72.6 Å². The molecule has 0 spiro atoms. The summed E-state index contributed by atoms with van der Waals surface area (Å²) in [5.41, 5.74) is 0.339. The molecule has 0 saturated carbocycles. The summed E-state index contributed by atoms with van der Waals surface area (Å²) in [5.74, 6) is -6.94. The zero-order valence-electron chi connectivity index (χ0n) is 30.6. The second kappa shape index (κ2) is 17.2. The minimum atomic E-state index is -1.62. The molecule has 0 bridgehead atoms. The summed E-state index contributed by atoms with van der Waals surface area (Å²) in [5, 5.41) is 0.179. The Kier molecular flexibility index (Phi) is 12.9. The Balaban J connectivity index is 2.28. The minimum absolute atomic E-state index is 0.0144. The van der Waals surface area contributed by atoms with Crippen LogP contribution in [0.4, 0.5) is 0 Å². The highest BCUT2D eigenvalue weighted by Crippen LogP contribution is 2.51. The molecule has 0 aromatic heterocycles. The summed E-state index contributed by atoms with van der Waals surface area (Å²) < 4.78 is 51.0. The Hall–Kier alpha value is -6.10. The Labute approximate surface area is 307 Å². The predicted octanol–water partition coefficient (Wildman–Crippen LogP) is 3.63. The SMILES string of the molecule is CC(=O)OCc1cc(OC(C)=O)c2c(OC(C)=O)c3c(OC(C)=O)cccc3c([C@@H]3O[C@H](COC(C)=O)[C@@H](OC(C)=O)[C@H](OC(C)=O)[C@H]3OC(C)=O)c2c1. The van der Waals surface area contributed by atoms with Crippen molar-refractivity contribution in [3.63, 3.8) is 0 Å². The lowest BCUT2D eigenvalue weighted by Gasteiger charge is -2.45. The molecule has 1 fully saturated rings.